The predicted octanol–water partition coefficient (Wildman–Crippen LogP) is 3.76. The lowest BCUT2D eigenvalue weighted by atomic mass is 9.89. The van der Waals surface area contributed by atoms with E-state index in [4.69, 9.17) is 11.6 Å². The Morgan fingerprint density at radius 2 is 1.94 bits per heavy atom. The fraction of sp³-hybridized carbons (Fsp3) is 0.571. The summed E-state index contributed by atoms with van der Waals surface area (Å²) in [6, 6.07) is 8.15. The molecule has 0 aliphatic rings. The van der Waals surface area contributed by atoms with Gasteiger partial charge in [-0.2, -0.15) is 0 Å². The third kappa shape index (κ3) is 4.15. The molecule has 2 heteroatoms. The molecule has 0 heterocycles. The van der Waals surface area contributed by atoms with E-state index in [1.54, 1.807) is 0 Å². The van der Waals surface area contributed by atoms with Crippen LogP contribution in [0.1, 0.15) is 26.3 Å². The normalized spacial score (nSPS) is 13.1. The highest BCUT2D eigenvalue weighted by atomic mass is 35.5. The zero-order valence-electron chi connectivity index (χ0n) is 10.5. The molecule has 0 spiro atoms. The van der Waals surface area contributed by atoms with Gasteiger partial charge in [-0.3, -0.25) is 0 Å². The molecule has 1 unspecified atom stereocenters. The average Bonchev–Trinajstić information content (AvgIpc) is 2.26. The van der Waals surface area contributed by atoms with Crippen molar-refractivity contribution in [2.24, 2.45) is 11.8 Å². The van der Waals surface area contributed by atoms with Gasteiger partial charge in [0, 0.05) is 5.02 Å². The Balaban J connectivity index is 2.64. The molecule has 0 radical (unpaired) electrons. The first-order chi connectivity index (χ1) is 7.65. The van der Waals surface area contributed by atoms with Crippen molar-refractivity contribution in [1.29, 1.82) is 0 Å². The van der Waals surface area contributed by atoms with Crippen LogP contribution in [0.4, 0.5) is 0 Å². The Morgan fingerprint density at radius 1 is 1.25 bits per heavy atom. The number of nitrogens with one attached hydrogen (secondary N) is 1. The minimum Gasteiger partial charge on any atom is -0.317 e. The van der Waals surface area contributed by atoms with E-state index in [0.717, 1.165) is 24.5 Å². The van der Waals surface area contributed by atoms with Gasteiger partial charge in [-0.25, -0.2) is 0 Å². The molecule has 0 bridgehead atoms. The summed E-state index contributed by atoms with van der Waals surface area (Å²) in [6.07, 6.45) is 1.06. The molecule has 1 aromatic carbocycles. The van der Waals surface area contributed by atoms with Crippen LogP contribution in [0.15, 0.2) is 24.3 Å². The van der Waals surface area contributed by atoms with Crippen molar-refractivity contribution < 1.29 is 0 Å². The van der Waals surface area contributed by atoms with E-state index in [-0.39, 0.29) is 0 Å². The molecule has 0 fully saturated rings. The van der Waals surface area contributed by atoms with E-state index in [1.165, 1.54) is 5.56 Å². The molecule has 1 atom stereocenters. The van der Waals surface area contributed by atoms with Gasteiger partial charge in [0.05, 0.1) is 0 Å². The van der Waals surface area contributed by atoms with Crippen molar-refractivity contribution in [3.8, 4) is 0 Å². The molecule has 1 aromatic rings. The van der Waals surface area contributed by atoms with Crippen molar-refractivity contribution >= 4 is 11.6 Å². The van der Waals surface area contributed by atoms with Gasteiger partial charge >= 0.3 is 0 Å². The Bertz CT molecular complexity index is 309. The van der Waals surface area contributed by atoms with Gasteiger partial charge in [-0.05, 0) is 43.0 Å². The van der Waals surface area contributed by atoms with Crippen LogP contribution in [0.2, 0.25) is 5.02 Å². The lowest BCUT2D eigenvalue weighted by Crippen LogP contribution is -2.27. The zero-order valence-corrected chi connectivity index (χ0v) is 11.2. The summed E-state index contributed by atoms with van der Waals surface area (Å²) in [5.74, 6) is 1.33. The SMILES string of the molecule is CCNCC(Cc1ccccc1Cl)C(C)C. The van der Waals surface area contributed by atoms with Gasteiger partial charge in [-0.15, -0.1) is 0 Å². The second-order valence-corrected chi connectivity index (χ2v) is 5.01. The van der Waals surface area contributed by atoms with Crippen molar-refractivity contribution in [3.05, 3.63) is 34.9 Å². The van der Waals surface area contributed by atoms with Crippen LogP contribution >= 0.6 is 11.6 Å². The van der Waals surface area contributed by atoms with Gasteiger partial charge < -0.3 is 5.32 Å². The molecule has 1 rings (SSSR count). The first-order valence-corrected chi connectivity index (χ1v) is 6.47. The molecule has 0 saturated heterocycles. The average molecular weight is 240 g/mol. The fourth-order valence-electron chi connectivity index (χ4n) is 1.82. The maximum atomic E-state index is 6.19. The predicted molar refractivity (Wildman–Crippen MR) is 72.0 cm³/mol. The van der Waals surface area contributed by atoms with E-state index in [1.807, 2.05) is 12.1 Å². The molecule has 0 saturated carbocycles. The highest BCUT2D eigenvalue weighted by Gasteiger charge is 2.14. The number of rotatable bonds is 6. The summed E-state index contributed by atoms with van der Waals surface area (Å²) < 4.78 is 0. The van der Waals surface area contributed by atoms with Gasteiger partial charge in [0.15, 0.2) is 0 Å². The quantitative estimate of drug-likeness (QED) is 0.797. The number of hydrogen-bond acceptors (Lipinski definition) is 1. The van der Waals surface area contributed by atoms with Crippen LogP contribution in [0.25, 0.3) is 0 Å². The maximum absolute atomic E-state index is 6.19. The Hall–Kier alpha value is -0.530. The summed E-state index contributed by atoms with van der Waals surface area (Å²) in [5.41, 5.74) is 1.26. The summed E-state index contributed by atoms with van der Waals surface area (Å²) >= 11 is 6.19. The van der Waals surface area contributed by atoms with E-state index in [0.29, 0.717) is 11.8 Å². The second-order valence-electron chi connectivity index (χ2n) is 4.61. The lowest BCUT2D eigenvalue weighted by molar-refractivity contribution is 0.364. The van der Waals surface area contributed by atoms with Gasteiger partial charge in [0.1, 0.15) is 0 Å². The number of halogens is 1. The molecule has 0 aliphatic carbocycles. The molecule has 1 N–H and O–H groups in total. The van der Waals surface area contributed by atoms with Gasteiger partial charge in [0.2, 0.25) is 0 Å². The van der Waals surface area contributed by atoms with Crippen LogP contribution in [0, 0.1) is 11.8 Å². The summed E-state index contributed by atoms with van der Waals surface area (Å²) in [6.45, 7) is 8.80. The molecular weight excluding hydrogens is 218 g/mol. The van der Waals surface area contributed by atoms with Crippen molar-refractivity contribution in [2.45, 2.75) is 27.2 Å². The molecule has 0 aromatic heterocycles. The lowest BCUT2D eigenvalue weighted by Gasteiger charge is -2.21. The Kier molecular flexibility index (Phi) is 5.86. The molecule has 16 heavy (non-hydrogen) atoms. The Morgan fingerprint density at radius 3 is 2.50 bits per heavy atom. The fourth-order valence-corrected chi connectivity index (χ4v) is 2.03. The largest absolute Gasteiger partial charge is 0.317 e. The Labute approximate surface area is 104 Å². The maximum Gasteiger partial charge on any atom is 0.0438 e. The zero-order chi connectivity index (χ0) is 12.0. The molecule has 90 valence electrons. The van der Waals surface area contributed by atoms with Crippen molar-refractivity contribution in [1.82, 2.24) is 5.32 Å². The standard InChI is InChI=1S/C14H22ClN/c1-4-16-10-13(11(2)3)9-12-7-5-6-8-14(12)15/h5-8,11,13,16H,4,9-10H2,1-3H3. The van der Waals surface area contributed by atoms with Crippen LogP contribution in [-0.4, -0.2) is 13.1 Å². The first-order valence-electron chi connectivity index (χ1n) is 6.09. The third-order valence-electron chi connectivity index (χ3n) is 3.04. The molecule has 1 nitrogen and oxygen atoms in total. The highest BCUT2D eigenvalue weighted by Crippen LogP contribution is 2.22. The van der Waals surface area contributed by atoms with Crippen molar-refractivity contribution in [3.63, 3.8) is 0 Å². The minimum absolute atomic E-state index is 0.653. The number of hydrogen-bond donors (Lipinski definition) is 1. The summed E-state index contributed by atoms with van der Waals surface area (Å²) in [7, 11) is 0. The third-order valence-corrected chi connectivity index (χ3v) is 3.41. The van der Waals surface area contributed by atoms with Crippen molar-refractivity contribution in [2.75, 3.05) is 13.1 Å². The van der Waals surface area contributed by atoms with E-state index in [2.05, 4.69) is 38.2 Å². The van der Waals surface area contributed by atoms with Gasteiger partial charge in [0.25, 0.3) is 0 Å². The van der Waals surface area contributed by atoms with Gasteiger partial charge in [-0.1, -0.05) is 50.6 Å². The molecule has 0 aliphatic heterocycles. The number of benzene rings is 1. The van der Waals surface area contributed by atoms with E-state index >= 15 is 0 Å². The molecule has 0 amide bonds. The molecular formula is C14H22ClN. The smallest absolute Gasteiger partial charge is 0.0438 e. The van der Waals surface area contributed by atoms with Crippen LogP contribution < -0.4 is 5.32 Å². The first kappa shape index (κ1) is 13.5. The second kappa shape index (κ2) is 6.93. The van der Waals surface area contributed by atoms with E-state index in [9.17, 15) is 0 Å². The summed E-state index contributed by atoms with van der Waals surface area (Å²) in [5, 5.41) is 4.32. The monoisotopic (exact) mass is 239 g/mol. The van der Waals surface area contributed by atoms with E-state index < -0.39 is 0 Å². The minimum atomic E-state index is 0.653. The highest BCUT2D eigenvalue weighted by molar-refractivity contribution is 6.31. The van der Waals surface area contributed by atoms with Crippen LogP contribution in [0.3, 0.4) is 0 Å². The van der Waals surface area contributed by atoms with Crippen LogP contribution in [0.5, 0.6) is 0 Å². The summed E-state index contributed by atoms with van der Waals surface area (Å²) in [4.78, 5) is 0. The van der Waals surface area contributed by atoms with Crippen LogP contribution in [-0.2, 0) is 6.42 Å². The topological polar surface area (TPSA) is 12.0 Å².